The molecule has 2 heterocycles. The Balaban J connectivity index is 0.000000165. The number of aldehydes is 1. The van der Waals surface area contributed by atoms with Crippen molar-refractivity contribution in [3.63, 3.8) is 0 Å². The van der Waals surface area contributed by atoms with Crippen LogP contribution in [0.15, 0.2) is 59.9 Å². The zero-order valence-corrected chi connectivity index (χ0v) is 41.1. The lowest BCUT2D eigenvalue weighted by molar-refractivity contribution is -0.112. The first kappa shape index (κ1) is 51.7. The highest BCUT2D eigenvalue weighted by atomic mass is 35.5. The summed E-state index contributed by atoms with van der Waals surface area (Å²) < 4.78 is 137. The van der Waals surface area contributed by atoms with Gasteiger partial charge >= 0.3 is 0 Å². The van der Waals surface area contributed by atoms with Gasteiger partial charge in [0.15, 0.2) is 46.4 Å². The van der Waals surface area contributed by atoms with Crippen molar-refractivity contribution in [2.75, 3.05) is 5.73 Å². The smallest absolute Gasteiger partial charge is 0.241 e. The molecular weight excluding hydrogens is 997 g/mol. The van der Waals surface area contributed by atoms with Crippen LogP contribution in [0.4, 0.5) is 23.2 Å². The van der Waals surface area contributed by atoms with E-state index in [0.29, 0.717) is 35.7 Å². The minimum atomic E-state index is -3.95. The molecule has 0 spiro atoms. The van der Waals surface area contributed by atoms with Crippen molar-refractivity contribution >= 4 is 98.5 Å². The largest absolute Gasteiger partial charge is 0.504 e. The number of rotatable bonds is 9. The van der Waals surface area contributed by atoms with Crippen LogP contribution in [0, 0.1) is 17.8 Å². The highest BCUT2D eigenvalue weighted by molar-refractivity contribution is 7.93. The monoisotopic (exact) mass is 1040 g/mol. The molecular formula is C43H48Cl3F4N3O10S3. The third-order valence-corrected chi connectivity index (χ3v) is 19.8. The fraction of sp³-hybridized carbons (Fsp3) is 0.512. The SMILES string of the molecule is CC(C)(C)c1nc2ccc(Cl)c(S(=O)(=O)C3CC(C(F)F)C3)c2o1.CC(C)(C)c1nc2ccc(Cl)c(S(=O)(=O)C3CC(C=O)C3)c2o1.Nc1ccc(Cl)c(S(=O)(=O)C2CC(C(F)F)C2)c1O. The van der Waals surface area contributed by atoms with E-state index >= 15 is 0 Å². The van der Waals surface area contributed by atoms with Crippen LogP contribution in [0.2, 0.25) is 15.1 Å². The van der Waals surface area contributed by atoms with Gasteiger partial charge in [-0.2, -0.15) is 0 Å². The Morgan fingerprint density at radius 3 is 1.30 bits per heavy atom. The van der Waals surface area contributed by atoms with Gasteiger partial charge in [0.1, 0.15) is 32.0 Å². The minimum Gasteiger partial charge on any atom is -0.504 e. The molecule has 0 amide bonds. The summed E-state index contributed by atoms with van der Waals surface area (Å²) in [6.45, 7) is 11.5. The molecule has 2 aromatic heterocycles. The third kappa shape index (κ3) is 10.0. The lowest BCUT2D eigenvalue weighted by Gasteiger charge is -2.34. The maximum absolute atomic E-state index is 12.9. The fourth-order valence-electron chi connectivity index (χ4n) is 7.49. The molecule has 0 bridgehead atoms. The number of fused-ring (bicyclic) bond motifs is 2. The van der Waals surface area contributed by atoms with Gasteiger partial charge in [-0.25, -0.2) is 52.8 Å². The van der Waals surface area contributed by atoms with Crippen LogP contribution in [-0.2, 0) is 45.1 Å². The molecule has 66 heavy (non-hydrogen) atoms. The maximum Gasteiger partial charge on any atom is 0.241 e. The zero-order chi connectivity index (χ0) is 49.2. The number of hydrogen-bond donors (Lipinski definition) is 2. The number of phenols is 1. The van der Waals surface area contributed by atoms with E-state index < -0.39 is 86.0 Å². The van der Waals surface area contributed by atoms with E-state index in [1.54, 1.807) is 12.1 Å². The predicted molar refractivity (Wildman–Crippen MR) is 242 cm³/mol. The van der Waals surface area contributed by atoms with Gasteiger partial charge in [-0.1, -0.05) is 76.3 Å². The lowest BCUT2D eigenvalue weighted by Crippen LogP contribution is -2.39. The van der Waals surface area contributed by atoms with E-state index in [4.69, 9.17) is 49.4 Å². The van der Waals surface area contributed by atoms with Crippen molar-refractivity contribution in [2.45, 2.75) is 134 Å². The summed E-state index contributed by atoms with van der Waals surface area (Å²) in [7, 11) is -11.5. The summed E-state index contributed by atoms with van der Waals surface area (Å²) in [4.78, 5) is 18.9. The number of carbonyl (C=O) groups excluding carboxylic acids is 1. The summed E-state index contributed by atoms with van der Waals surface area (Å²) in [6, 6.07) is 8.77. The van der Waals surface area contributed by atoms with Crippen LogP contribution >= 0.6 is 34.8 Å². The average Bonchev–Trinajstić information content (AvgIpc) is 3.76. The second-order valence-corrected chi connectivity index (χ2v) is 26.5. The number of hydrogen-bond acceptors (Lipinski definition) is 13. The molecule has 3 aromatic carbocycles. The Kier molecular flexibility index (Phi) is 14.6. The molecule has 0 unspecified atom stereocenters. The molecule has 3 N–H and O–H groups in total. The van der Waals surface area contributed by atoms with Crippen LogP contribution < -0.4 is 5.73 Å². The third-order valence-electron chi connectivity index (χ3n) is 11.8. The normalized spacial score (nSPS) is 22.5. The van der Waals surface area contributed by atoms with E-state index in [0.717, 1.165) is 6.29 Å². The van der Waals surface area contributed by atoms with Crippen molar-refractivity contribution in [1.29, 1.82) is 0 Å². The summed E-state index contributed by atoms with van der Waals surface area (Å²) in [5, 5.41) is 7.32. The number of carbonyl (C=O) groups is 1. The van der Waals surface area contributed by atoms with Crippen LogP contribution in [0.5, 0.6) is 5.75 Å². The predicted octanol–water partition coefficient (Wildman–Crippen LogP) is 10.6. The van der Waals surface area contributed by atoms with Gasteiger partial charge in [-0.05, 0) is 74.9 Å². The number of nitrogens with two attached hydrogens (primary N) is 1. The highest BCUT2D eigenvalue weighted by Crippen LogP contribution is 2.46. The molecule has 23 heteroatoms. The van der Waals surface area contributed by atoms with Crippen molar-refractivity contribution in [3.05, 3.63) is 63.2 Å². The average molecular weight is 1050 g/mol. The lowest BCUT2D eigenvalue weighted by atomic mass is 9.85. The molecule has 8 rings (SSSR count). The number of sulfone groups is 3. The Hall–Kier alpha value is -3.69. The first-order valence-corrected chi connectivity index (χ1v) is 26.4. The van der Waals surface area contributed by atoms with Crippen molar-refractivity contribution in [2.24, 2.45) is 17.8 Å². The second kappa shape index (κ2) is 18.7. The van der Waals surface area contributed by atoms with Gasteiger partial charge < -0.3 is 24.5 Å². The van der Waals surface area contributed by atoms with E-state index in [2.05, 4.69) is 9.97 Å². The van der Waals surface area contributed by atoms with Gasteiger partial charge in [-0.15, -0.1) is 0 Å². The maximum atomic E-state index is 12.9. The first-order valence-electron chi connectivity index (χ1n) is 20.6. The molecule has 0 aliphatic heterocycles. The number of nitrogens with zero attached hydrogens (tertiary/aromatic N) is 2. The topological polar surface area (TPSA) is 218 Å². The summed E-state index contributed by atoms with van der Waals surface area (Å²) in [6.07, 6.45) is -3.95. The van der Waals surface area contributed by atoms with Gasteiger partial charge in [0.05, 0.1) is 36.5 Å². The number of halogens is 7. The van der Waals surface area contributed by atoms with Gasteiger partial charge in [0, 0.05) is 28.6 Å². The Labute approximate surface area is 394 Å². The molecule has 362 valence electrons. The molecule has 5 aromatic rings. The van der Waals surface area contributed by atoms with E-state index in [1.807, 2.05) is 41.5 Å². The highest BCUT2D eigenvalue weighted by Gasteiger charge is 2.47. The van der Waals surface area contributed by atoms with Crippen LogP contribution in [0.3, 0.4) is 0 Å². The molecule has 0 radical (unpaired) electrons. The summed E-state index contributed by atoms with van der Waals surface area (Å²) >= 11 is 18.1. The zero-order valence-electron chi connectivity index (χ0n) is 36.4. The summed E-state index contributed by atoms with van der Waals surface area (Å²) in [5.41, 5.74) is 5.75. The van der Waals surface area contributed by atoms with Crippen LogP contribution in [0.25, 0.3) is 22.2 Å². The Morgan fingerprint density at radius 2 is 0.955 bits per heavy atom. The number of phenolic OH excluding ortho intramolecular Hbond substituents is 1. The Bertz CT molecular complexity index is 2990. The second-order valence-electron chi connectivity index (χ2n) is 18.8. The van der Waals surface area contributed by atoms with Crippen molar-refractivity contribution in [3.8, 4) is 5.75 Å². The number of benzene rings is 3. The van der Waals surface area contributed by atoms with Crippen LogP contribution in [-0.4, -0.2) is 75.2 Å². The fourth-order valence-corrected chi connectivity index (χ4v) is 15.1. The van der Waals surface area contributed by atoms with E-state index in [9.17, 15) is 52.7 Å². The molecule has 3 fully saturated rings. The molecule has 3 aliphatic rings. The van der Waals surface area contributed by atoms with E-state index in [1.165, 1.54) is 24.3 Å². The number of anilines is 1. The molecule has 13 nitrogen and oxygen atoms in total. The first-order chi connectivity index (χ1) is 30.4. The van der Waals surface area contributed by atoms with Gasteiger partial charge in [-0.3, -0.25) is 0 Å². The number of aromatic hydroxyl groups is 1. The van der Waals surface area contributed by atoms with Crippen molar-refractivity contribution < 1.29 is 61.6 Å². The van der Waals surface area contributed by atoms with Gasteiger partial charge in [0.25, 0.3) is 0 Å². The standard InChI is InChI=1S/C16H18ClF2NO3S.C16H18ClNO4S.C11H12ClF2NO3S/c1-16(2,3)15-20-11-5-4-10(17)13(12(11)23-15)24(21,22)9-6-8(7-9)14(18)19;1-16(2,3)15-18-12-5-4-11(17)14(13(12)22-15)23(20,21)10-6-9(7-10)8-19;12-7-1-2-8(15)9(16)10(7)19(17,18)6-3-5(4-6)11(13)14/h4-5,8-9,14H,6-7H2,1-3H3;4-5,8-10H,6-7H2,1-3H3;1-2,5-6,11,16H,3-4,15H2. The minimum absolute atomic E-state index is 0.00554. The molecule has 3 aliphatic carbocycles. The number of nitrogen functional groups attached to an aromatic ring is 1. The van der Waals surface area contributed by atoms with Crippen LogP contribution in [0.1, 0.15) is 91.8 Å². The van der Waals surface area contributed by atoms with Gasteiger partial charge in [0.2, 0.25) is 24.6 Å². The quantitative estimate of drug-likeness (QED) is 0.0608. The van der Waals surface area contributed by atoms with Crippen molar-refractivity contribution in [1.82, 2.24) is 9.97 Å². The molecule has 0 saturated heterocycles. The Morgan fingerprint density at radius 1 is 0.621 bits per heavy atom. The molecule has 3 saturated carbocycles. The summed E-state index contributed by atoms with van der Waals surface area (Å²) in [5.74, 6) is -1.73. The number of aromatic nitrogens is 2. The number of alkyl halides is 4. The molecule has 0 atom stereocenters. The number of oxazole rings is 2. The van der Waals surface area contributed by atoms with E-state index in [-0.39, 0.29) is 78.7 Å².